The van der Waals surface area contributed by atoms with Crippen molar-refractivity contribution >= 4 is 17.4 Å². The number of carboxylic acids is 1. The predicted octanol–water partition coefficient (Wildman–Crippen LogP) is 0.854. The van der Waals surface area contributed by atoms with E-state index in [1.54, 1.807) is 31.2 Å². The molecule has 1 unspecified atom stereocenters. The van der Waals surface area contributed by atoms with Crippen LogP contribution in [0.5, 0.6) is 0 Å². The minimum absolute atomic E-state index is 0.134. The molecule has 4 heteroatoms. The Balaban J connectivity index is 2.76. The summed E-state index contributed by atoms with van der Waals surface area (Å²) in [5.41, 5.74) is 5.08. The van der Waals surface area contributed by atoms with Crippen LogP contribution in [-0.4, -0.2) is 16.9 Å². The van der Waals surface area contributed by atoms with Crippen LogP contribution in [0.3, 0.4) is 0 Å². The molecule has 4 nitrogen and oxygen atoms in total. The van der Waals surface area contributed by atoms with Crippen LogP contribution >= 0.6 is 0 Å². The van der Waals surface area contributed by atoms with Gasteiger partial charge in [-0.2, -0.15) is 0 Å². The lowest BCUT2D eigenvalue weighted by Gasteiger charge is -2.06. The molecule has 4 N–H and O–H groups in total. The first kappa shape index (κ1) is 11.4. The van der Waals surface area contributed by atoms with Gasteiger partial charge in [0, 0.05) is 11.5 Å². The van der Waals surface area contributed by atoms with E-state index in [1.807, 2.05) is 0 Å². The number of hydrogen-bond donors (Lipinski definition) is 2. The number of carbonyl (C=O) groups excluding carboxylic acids is 1. The number of ketones is 1. The van der Waals surface area contributed by atoms with E-state index in [2.05, 4.69) is 5.73 Å². The fourth-order valence-electron chi connectivity index (χ4n) is 1.31. The van der Waals surface area contributed by atoms with Crippen LogP contribution in [-0.2, 0) is 4.79 Å². The minimum atomic E-state index is -0.954. The number of benzene rings is 1. The van der Waals surface area contributed by atoms with Gasteiger partial charge in [-0.3, -0.25) is 9.59 Å². The van der Waals surface area contributed by atoms with Crippen molar-refractivity contribution in [3.63, 3.8) is 0 Å². The molecule has 0 bridgehead atoms. The molecule has 80 valence electrons. The maximum Gasteiger partial charge on any atom is 0.304 e. The topological polar surface area (TPSA) is 82.0 Å². The maximum atomic E-state index is 11.7. The van der Waals surface area contributed by atoms with Gasteiger partial charge in [0.2, 0.25) is 0 Å². The van der Waals surface area contributed by atoms with Crippen molar-refractivity contribution in [2.24, 2.45) is 5.92 Å². The van der Waals surface area contributed by atoms with E-state index in [0.717, 1.165) is 5.69 Å². The third kappa shape index (κ3) is 3.18. The standard InChI is InChI=1S/C11H13NO3/c1-7(6-10(13)14)11(15)8-2-4-9(12)5-3-8/h2-5,7H,6,12H2,1H3,(H,13,14)/p+1. The Morgan fingerprint density at radius 3 is 2.33 bits per heavy atom. The first-order valence-corrected chi connectivity index (χ1v) is 4.68. The van der Waals surface area contributed by atoms with Gasteiger partial charge < -0.3 is 10.8 Å². The Morgan fingerprint density at radius 1 is 1.33 bits per heavy atom. The van der Waals surface area contributed by atoms with Crippen molar-refractivity contribution in [3.05, 3.63) is 29.8 Å². The molecular weight excluding hydrogens is 194 g/mol. The summed E-state index contributed by atoms with van der Waals surface area (Å²) in [5.74, 6) is -1.58. The van der Waals surface area contributed by atoms with Gasteiger partial charge in [-0.05, 0) is 24.3 Å². The quantitative estimate of drug-likeness (QED) is 0.720. The van der Waals surface area contributed by atoms with E-state index in [9.17, 15) is 9.59 Å². The van der Waals surface area contributed by atoms with E-state index >= 15 is 0 Å². The Hall–Kier alpha value is -1.68. The SMILES string of the molecule is CC(CC(=O)O)C(=O)c1ccc([NH3+])cc1. The third-order valence-electron chi connectivity index (χ3n) is 2.17. The molecule has 0 aliphatic carbocycles. The number of quaternary nitrogens is 1. The van der Waals surface area contributed by atoms with Crippen molar-refractivity contribution < 1.29 is 20.4 Å². The molecule has 1 rings (SSSR count). The molecule has 0 fully saturated rings. The van der Waals surface area contributed by atoms with Crippen LogP contribution in [0.15, 0.2) is 24.3 Å². The van der Waals surface area contributed by atoms with Gasteiger partial charge in [0.05, 0.1) is 6.42 Å². The molecule has 0 saturated heterocycles. The summed E-state index contributed by atoms with van der Waals surface area (Å²) in [4.78, 5) is 22.1. The third-order valence-corrected chi connectivity index (χ3v) is 2.17. The molecule has 0 amide bonds. The molecule has 0 aliphatic heterocycles. The first-order valence-electron chi connectivity index (χ1n) is 4.68. The van der Waals surface area contributed by atoms with Gasteiger partial charge in [0.15, 0.2) is 5.78 Å². The average Bonchev–Trinajstić information content (AvgIpc) is 2.17. The van der Waals surface area contributed by atoms with E-state index in [4.69, 9.17) is 5.11 Å². The monoisotopic (exact) mass is 208 g/mol. The number of carboxylic acid groups (broad SMARTS) is 1. The van der Waals surface area contributed by atoms with E-state index in [0.29, 0.717) is 5.56 Å². The summed E-state index contributed by atoms with van der Waals surface area (Å²) in [6, 6.07) is 6.81. The number of hydrogen-bond acceptors (Lipinski definition) is 2. The van der Waals surface area contributed by atoms with Gasteiger partial charge in [-0.15, -0.1) is 0 Å². The first-order chi connectivity index (χ1) is 7.00. The van der Waals surface area contributed by atoms with Crippen LogP contribution < -0.4 is 5.73 Å². The zero-order valence-corrected chi connectivity index (χ0v) is 8.56. The fraction of sp³-hybridized carbons (Fsp3) is 0.273. The van der Waals surface area contributed by atoms with Crippen molar-refractivity contribution in [1.29, 1.82) is 0 Å². The summed E-state index contributed by atoms with van der Waals surface area (Å²) in [6.45, 7) is 1.62. The molecule has 0 aliphatic rings. The highest BCUT2D eigenvalue weighted by atomic mass is 16.4. The zero-order chi connectivity index (χ0) is 11.4. The second-order valence-corrected chi connectivity index (χ2v) is 3.56. The molecular formula is C11H14NO3+. The van der Waals surface area contributed by atoms with E-state index in [-0.39, 0.29) is 12.2 Å². The number of carbonyl (C=O) groups is 2. The van der Waals surface area contributed by atoms with Gasteiger partial charge in [-0.25, -0.2) is 0 Å². The molecule has 0 spiro atoms. The van der Waals surface area contributed by atoms with Crippen molar-refractivity contribution in [1.82, 2.24) is 0 Å². The summed E-state index contributed by atoms with van der Waals surface area (Å²) in [6.07, 6.45) is -0.134. The van der Waals surface area contributed by atoms with Crippen LogP contribution in [0.1, 0.15) is 23.7 Å². The lowest BCUT2D eigenvalue weighted by Crippen LogP contribution is -2.39. The summed E-state index contributed by atoms with van der Waals surface area (Å²) in [7, 11) is 0. The lowest BCUT2D eigenvalue weighted by molar-refractivity contribution is -0.254. The summed E-state index contributed by atoms with van der Waals surface area (Å²) in [5, 5.41) is 8.56. The van der Waals surface area contributed by atoms with Gasteiger partial charge in [0.1, 0.15) is 5.69 Å². The number of rotatable bonds is 4. The number of aliphatic carboxylic acids is 1. The van der Waals surface area contributed by atoms with Crippen molar-refractivity contribution in [2.45, 2.75) is 13.3 Å². The zero-order valence-electron chi connectivity index (χ0n) is 8.56. The molecule has 1 aromatic carbocycles. The highest BCUT2D eigenvalue weighted by Crippen LogP contribution is 2.13. The molecule has 15 heavy (non-hydrogen) atoms. The molecule has 0 aromatic heterocycles. The Bertz CT molecular complexity index is 370. The van der Waals surface area contributed by atoms with Crippen LogP contribution in [0.25, 0.3) is 0 Å². The van der Waals surface area contributed by atoms with E-state index < -0.39 is 11.9 Å². The normalized spacial score (nSPS) is 12.1. The van der Waals surface area contributed by atoms with Crippen LogP contribution in [0, 0.1) is 5.92 Å². The Kier molecular flexibility index (Phi) is 3.57. The second-order valence-electron chi connectivity index (χ2n) is 3.56. The van der Waals surface area contributed by atoms with E-state index in [1.165, 1.54) is 0 Å². The summed E-state index contributed by atoms with van der Waals surface area (Å²) < 4.78 is 0. The fourth-order valence-corrected chi connectivity index (χ4v) is 1.31. The van der Waals surface area contributed by atoms with Crippen molar-refractivity contribution in [2.75, 3.05) is 0 Å². The molecule has 1 atom stereocenters. The molecule has 1 aromatic rings. The molecule has 0 radical (unpaired) electrons. The Labute approximate surface area is 87.7 Å². The van der Waals surface area contributed by atoms with Gasteiger partial charge in [-0.1, -0.05) is 6.92 Å². The number of Topliss-reactive ketones (excluding diaryl/α,β-unsaturated/α-hetero) is 1. The summed E-state index contributed by atoms with van der Waals surface area (Å²) >= 11 is 0. The second kappa shape index (κ2) is 4.70. The van der Waals surface area contributed by atoms with Gasteiger partial charge in [0.25, 0.3) is 0 Å². The lowest BCUT2D eigenvalue weighted by atomic mass is 9.96. The Morgan fingerprint density at radius 2 is 1.87 bits per heavy atom. The minimum Gasteiger partial charge on any atom is -0.481 e. The van der Waals surface area contributed by atoms with Crippen molar-refractivity contribution in [3.8, 4) is 0 Å². The highest BCUT2D eigenvalue weighted by Gasteiger charge is 2.17. The smallest absolute Gasteiger partial charge is 0.304 e. The largest absolute Gasteiger partial charge is 0.481 e. The van der Waals surface area contributed by atoms with Crippen LogP contribution in [0.2, 0.25) is 0 Å². The molecule has 0 heterocycles. The highest BCUT2D eigenvalue weighted by molar-refractivity contribution is 5.99. The predicted molar refractivity (Wildman–Crippen MR) is 54.7 cm³/mol. The van der Waals surface area contributed by atoms with Crippen LogP contribution in [0.4, 0.5) is 5.69 Å². The van der Waals surface area contributed by atoms with Gasteiger partial charge >= 0.3 is 5.97 Å². The molecule has 0 saturated carbocycles. The maximum absolute atomic E-state index is 11.7. The average molecular weight is 208 g/mol.